The summed E-state index contributed by atoms with van der Waals surface area (Å²) in [5.74, 6) is -0.574. The number of nitrogens with zero attached hydrogens (tertiary/aromatic N) is 2. The van der Waals surface area contributed by atoms with Crippen molar-refractivity contribution in [3.8, 4) is 0 Å². The molecule has 0 bridgehead atoms. The number of hydrogen-bond acceptors (Lipinski definition) is 4. The molecule has 0 fully saturated rings. The average molecular weight is 341 g/mol. The predicted octanol–water partition coefficient (Wildman–Crippen LogP) is 2.52. The number of benzene rings is 1. The lowest BCUT2D eigenvalue weighted by Crippen LogP contribution is -2.02. The fraction of sp³-hybridized carbons (Fsp3) is 0. The van der Waals surface area contributed by atoms with Crippen molar-refractivity contribution < 1.29 is 9.90 Å². The van der Waals surface area contributed by atoms with Gasteiger partial charge in [0.25, 0.3) is 0 Å². The Morgan fingerprint density at radius 3 is 2.71 bits per heavy atom. The van der Waals surface area contributed by atoms with E-state index in [4.69, 9.17) is 5.11 Å². The van der Waals surface area contributed by atoms with E-state index in [1.165, 1.54) is 12.4 Å². The number of carboxylic acids is 1. The van der Waals surface area contributed by atoms with Gasteiger partial charge < -0.3 is 10.4 Å². The number of carbonyl (C=O) groups is 1. The molecule has 1 aromatic carbocycles. The molecule has 17 heavy (non-hydrogen) atoms. The summed E-state index contributed by atoms with van der Waals surface area (Å²) < 4.78 is 1.10. The molecule has 5 nitrogen and oxygen atoms in total. The van der Waals surface area contributed by atoms with Gasteiger partial charge in [-0.1, -0.05) is 6.07 Å². The average Bonchev–Trinajstić information content (AvgIpc) is 2.29. The third-order valence-electron chi connectivity index (χ3n) is 1.97. The lowest BCUT2D eigenvalue weighted by molar-refractivity contribution is 0.0690. The Morgan fingerprint density at radius 1 is 1.29 bits per heavy atom. The number of aromatic nitrogens is 2. The van der Waals surface area contributed by atoms with E-state index in [9.17, 15) is 4.79 Å². The molecule has 2 rings (SSSR count). The Morgan fingerprint density at radius 2 is 2.12 bits per heavy atom. The van der Waals surface area contributed by atoms with E-state index in [2.05, 4.69) is 37.9 Å². The van der Waals surface area contributed by atoms with Gasteiger partial charge in [0.2, 0.25) is 0 Å². The first-order valence-corrected chi connectivity index (χ1v) is 5.81. The standard InChI is InChI=1S/C11H8IN3O2/c12-7-2-1-3-8(4-7)15-10-6-13-9(5-14-10)11(16)17/h1-6H,(H,14,15)(H,16,17). The van der Waals surface area contributed by atoms with E-state index < -0.39 is 5.97 Å². The van der Waals surface area contributed by atoms with E-state index in [0.29, 0.717) is 5.82 Å². The molecule has 0 unspecified atom stereocenters. The minimum Gasteiger partial charge on any atom is -0.476 e. The number of anilines is 2. The predicted molar refractivity (Wildman–Crippen MR) is 71.4 cm³/mol. The van der Waals surface area contributed by atoms with Gasteiger partial charge in [-0.2, -0.15) is 0 Å². The van der Waals surface area contributed by atoms with Crippen molar-refractivity contribution in [2.75, 3.05) is 5.32 Å². The van der Waals surface area contributed by atoms with Crippen LogP contribution in [0.2, 0.25) is 0 Å². The highest BCUT2D eigenvalue weighted by atomic mass is 127. The topological polar surface area (TPSA) is 75.1 Å². The second kappa shape index (κ2) is 5.09. The number of nitrogens with one attached hydrogen (secondary N) is 1. The van der Waals surface area contributed by atoms with Crippen LogP contribution in [0.15, 0.2) is 36.7 Å². The second-order valence-corrected chi connectivity index (χ2v) is 4.47. The molecule has 1 heterocycles. The lowest BCUT2D eigenvalue weighted by Gasteiger charge is -2.05. The Labute approximate surface area is 111 Å². The Kier molecular flexibility index (Phi) is 3.52. The largest absolute Gasteiger partial charge is 0.476 e. The lowest BCUT2D eigenvalue weighted by atomic mass is 10.3. The fourth-order valence-corrected chi connectivity index (χ4v) is 1.76. The van der Waals surface area contributed by atoms with Crippen molar-refractivity contribution in [1.29, 1.82) is 0 Å². The summed E-state index contributed by atoms with van der Waals surface area (Å²) in [7, 11) is 0. The van der Waals surface area contributed by atoms with Gasteiger partial charge in [0, 0.05) is 9.26 Å². The Bertz CT molecular complexity index is 543. The van der Waals surface area contributed by atoms with Crippen LogP contribution in [0.3, 0.4) is 0 Å². The molecule has 0 amide bonds. The highest BCUT2D eigenvalue weighted by Gasteiger charge is 2.04. The van der Waals surface area contributed by atoms with Crippen molar-refractivity contribution in [2.24, 2.45) is 0 Å². The van der Waals surface area contributed by atoms with Crippen molar-refractivity contribution in [1.82, 2.24) is 9.97 Å². The van der Waals surface area contributed by atoms with Gasteiger partial charge in [0.1, 0.15) is 5.82 Å². The maximum atomic E-state index is 10.6. The Balaban J connectivity index is 2.16. The monoisotopic (exact) mass is 341 g/mol. The number of carboxylic acid groups (broad SMARTS) is 1. The van der Waals surface area contributed by atoms with Gasteiger partial charge in [0.05, 0.1) is 12.4 Å². The summed E-state index contributed by atoms with van der Waals surface area (Å²) in [5.41, 5.74) is 0.812. The van der Waals surface area contributed by atoms with Crippen LogP contribution in [-0.2, 0) is 0 Å². The number of aromatic carboxylic acids is 1. The molecule has 2 N–H and O–H groups in total. The van der Waals surface area contributed by atoms with E-state index in [-0.39, 0.29) is 5.69 Å². The summed E-state index contributed by atoms with van der Waals surface area (Å²) in [5, 5.41) is 11.7. The molecule has 0 spiro atoms. The minimum atomic E-state index is -1.08. The second-order valence-electron chi connectivity index (χ2n) is 3.23. The van der Waals surface area contributed by atoms with Gasteiger partial charge in [0.15, 0.2) is 5.69 Å². The summed E-state index contributed by atoms with van der Waals surface area (Å²) in [6.45, 7) is 0. The van der Waals surface area contributed by atoms with Crippen LogP contribution in [0, 0.1) is 3.57 Å². The first-order chi connectivity index (χ1) is 8.15. The quantitative estimate of drug-likeness (QED) is 0.840. The molecule has 0 aliphatic heterocycles. The van der Waals surface area contributed by atoms with Crippen LogP contribution in [0.4, 0.5) is 11.5 Å². The third kappa shape index (κ3) is 3.13. The van der Waals surface area contributed by atoms with Gasteiger partial charge >= 0.3 is 5.97 Å². The molecule has 1 aromatic heterocycles. The molecule has 2 aromatic rings. The molecular weight excluding hydrogens is 333 g/mol. The fourth-order valence-electron chi connectivity index (χ4n) is 1.22. The summed E-state index contributed by atoms with van der Waals surface area (Å²) >= 11 is 2.21. The normalized spacial score (nSPS) is 9.94. The molecule has 0 atom stereocenters. The molecule has 86 valence electrons. The van der Waals surface area contributed by atoms with E-state index >= 15 is 0 Å². The summed E-state index contributed by atoms with van der Waals surface area (Å²) in [6.07, 6.45) is 2.61. The number of hydrogen-bond donors (Lipinski definition) is 2. The highest BCUT2D eigenvalue weighted by molar-refractivity contribution is 14.1. The first kappa shape index (κ1) is 11.8. The van der Waals surface area contributed by atoms with E-state index in [1.807, 2.05) is 24.3 Å². The van der Waals surface area contributed by atoms with Crippen molar-refractivity contribution in [3.63, 3.8) is 0 Å². The molecule has 0 aliphatic rings. The maximum Gasteiger partial charge on any atom is 0.356 e. The van der Waals surface area contributed by atoms with Crippen molar-refractivity contribution in [2.45, 2.75) is 0 Å². The molecule has 0 saturated carbocycles. The zero-order valence-corrected chi connectivity index (χ0v) is 10.7. The maximum absolute atomic E-state index is 10.6. The smallest absolute Gasteiger partial charge is 0.356 e. The molecule has 6 heteroatoms. The zero-order valence-electron chi connectivity index (χ0n) is 8.59. The van der Waals surface area contributed by atoms with Gasteiger partial charge in [-0.15, -0.1) is 0 Å². The SMILES string of the molecule is O=C(O)c1cnc(Nc2cccc(I)c2)cn1. The summed E-state index contributed by atoms with van der Waals surface area (Å²) in [6, 6.07) is 7.75. The molecular formula is C11H8IN3O2. The number of halogens is 1. The van der Waals surface area contributed by atoms with Gasteiger partial charge in [-0.3, -0.25) is 0 Å². The van der Waals surface area contributed by atoms with E-state index in [1.54, 1.807) is 0 Å². The van der Waals surface area contributed by atoms with Crippen LogP contribution < -0.4 is 5.32 Å². The van der Waals surface area contributed by atoms with Crippen molar-refractivity contribution >= 4 is 40.1 Å². The molecule has 0 saturated heterocycles. The van der Waals surface area contributed by atoms with Crippen molar-refractivity contribution in [3.05, 3.63) is 45.9 Å². The minimum absolute atomic E-state index is 0.0711. The van der Waals surface area contributed by atoms with Gasteiger partial charge in [-0.25, -0.2) is 14.8 Å². The van der Waals surface area contributed by atoms with Crippen LogP contribution in [0.5, 0.6) is 0 Å². The summed E-state index contributed by atoms with van der Waals surface area (Å²) in [4.78, 5) is 18.3. The first-order valence-electron chi connectivity index (χ1n) is 4.73. The van der Waals surface area contributed by atoms with Crippen LogP contribution in [-0.4, -0.2) is 21.0 Å². The number of rotatable bonds is 3. The molecule has 0 radical (unpaired) electrons. The van der Waals surface area contributed by atoms with Gasteiger partial charge in [-0.05, 0) is 40.8 Å². The Hall–Kier alpha value is -1.70. The zero-order chi connectivity index (χ0) is 12.3. The highest BCUT2D eigenvalue weighted by Crippen LogP contribution is 2.16. The molecule has 0 aliphatic carbocycles. The third-order valence-corrected chi connectivity index (χ3v) is 2.64. The van der Waals surface area contributed by atoms with E-state index in [0.717, 1.165) is 9.26 Å². The van der Waals surface area contributed by atoms with Crippen LogP contribution in [0.25, 0.3) is 0 Å². The van der Waals surface area contributed by atoms with Crippen LogP contribution in [0.1, 0.15) is 10.5 Å². The van der Waals surface area contributed by atoms with Crippen LogP contribution >= 0.6 is 22.6 Å².